The Bertz CT molecular complexity index is 361. The van der Waals surface area contributed by atoms with E-state index in [-0.39, 0.29) is 42.1 Å². The van der Waals surface area contributed by atoms with Gasteiger partial charge in [-0.15, -0.1) is 24.8 Å². The lowest BCUT2D eigenvalue weighted by Crippen LogP contribution is -2.49. The zero-order chi connectivity index (χ0) is 13.2. The van der Waals surface area contributed by atoms with Gasteiger partial charge in [-0.1, -0.05) is 0 Å². The summed E-state index contributed by atoms with van der Waals surface area (Å²) in [5, 5.41) is 19.1. The van der Waals surface area contributed by atoms with Gasteiger partial charge in [0.1, 0.15) is 16.9 Å². The maximum absolute atomic E-state index is 4.53. The van der Waals surface area contributed by atoms with Crippen LogP contribution in [0.4, 0.5) is 0 Å². The Labute approximate surface area is 133 Å². The molecule has 6 nitrogen and oxygen atoms in total. The number of nitrogens with one attached hydrogen (secondary N) is 3. The van der Waals surface area contributed by atoms with Crippen LogP contribution in [-0.2, 0) is 0 Å². The van der Waals surface area contributed by atoms with Crippen molar-refractivity contribution in [3.63, 3.8) is 0 Å². The standard InChI is InChI=1S/C12H24N6.2ClH/c1-11(2,9-13-5-6-14-9)17-18-12(3,4)10-15-7-8-16-10;;/h9,13-14H,5-8H2,1-4H3,(H,15,16);2*1H. The first-order chi connectivity index (χ1) is 8.42. The molecule has 2 heterocycles. The Morgan fingerprint density at radius 2 is 1.60 bits per heavy atom. The Hall–Kier alpha value is -0.430. The molecule has 2 aliphatic heterocycles. The first-order valence-electron chi connectivity index (χ1n) is 6.61. The predicted molar refractivity (Wildman–Crippen MR) is 87.6 cm³/mol. The molecule has 3 N–H and O–H groups in total. The van der Waals surface area contributed by atoms with Gasteiger partial charge in [0.25, 0.3) is 0 Å². The van der Waals surface area contributed by atoms with Crippen LogP contribution < -0.4 is 16.0 Å². The number of amidine groups is 1. The Kier molecular flexibility index (Phi) is 7.38. The molecule has 20 heavy (non-hydrogen) atoms. The van der Waals surface area contributed by atoms with Gasteiger partial charge in [0, 0.05) is 19.6 Å². The third-order valence-corrected chi connectivity index (χ3v) is 3.34. The molecule has 0 atom stereocenters. The van der Waals surface area contributed by atoms with Crippen LogP contribution in [0.5, 0.6) is 0 Å². The number of nitrogens with zero attached hydrogens (tertiary/aromatic N) is 3. The van der Waals surface area contributed by atoms with Gasteiger partial charge >= 0.3 is 0 Å². The molecule has 2 aliphatic rings. The minimum atomic E-state index is -0.369. The van der Waals surface area contributed by atoms with E-state index >= 15 is 0 Å². The Balaban J connectivity index is 0.00000180. The SMILES string of the molecule is CC(C)(N=NC(C)(C)C1NCCN1)C1=NCCN1.Cl.Cl. The van der Waals surface area contributed by atoms with Crippen LogP contribution >= 0.6 is 24.8 Å². The quantitative estimate of drug-likeness (QED) is 0.684. The molecule has 1 fully saturated rings. The molecule has 118 valence electrons. The zero-order valence-electron chi connectivity index (χ0n) is 12.6. The van der Waals surface area contributed by atoms with Crippen molar-refractivity contribution in [1.82, 2.24) is 16.0 Å². The van der Waals surface area contributed by atoms with Crippen molar-refractivity contribution in [3.8, 4) is 0 Å². The summed E-state index contributed by atoms with van der Waals surface area (Å²) in [4.78, 5) is 4.43. The number of azo groups is 1. The molecule has 1 saturated heterocycles. The van der Waals surface area contributed by atoms with Crippen LogP contribution in [-0.4, -0.2) is 49.3 Å². The number of hydrogen-bond donors (Lipinski definition) is 3. The third-order valence-electron chi connectivity index (χ3n) is 3.34. The lowest BCUT2D eigenvalue weighted by atomic mass is 10.0. The van der Waals surface area contributed by atoms with E-state index in [1.54, 1.807) is 0 Å². The van der Waals surface area contributed by atoms with E-state index in [0.717, 1.165) is 32.0 Å². The Morgan fingerprint density at radius 3 is 2.10 bits per heavy atom. The average Bonchev–Trinajstić information content (AvgIpc) is 2.99. The summed E-state index contributed by atoms with van der Waals surface area (Å²) in [6.45, 7) is 12.0. The maximum Gasteiger partial charge on any atom is 0.132 e. The fraction of sp³-hybridized carbons (Fsp3) is 0.917. The highest BCUT2D eigenvalue weighted by Gasteiger charge is 2.33. The number of rotatable bonds is 4. The van der Waals surface area contributed by atoms with Crippen LogP contribution in [0.3, 0.4) is 0 Å². The smallest absolute Gasteiger partial charge is 0.132 e. The van der Waals surface area contributed by atoms with Gasteiger partial charge in [-0.3, -0.25) is 15.6 Å². The van der Waals surface area contributed by atoms with E-state index in [9.17, 15) is 0 Å². The molecule has 0 amide bonds. The fourth-order valence-electron chi connectivity index (χ4n) is 2.17. The van der Waals surface area contributed by atoms with E-state index in [2.05, 4.69) is 45.0 Å². The molecular weight excluding hydrogens is 299 g/mol. The predicted octanol–water partition coefficient (Wildman–Crippen LogP) is 1.36. The van der Waals surface area contributed by atoms with Gasteiger partial charge in [-0.25, -0.2) is 0 Å². The molecule has 0 unspecified atom stereocenters. The van der Waals surface area contributed by atoms with Crippen LogP contribution in [0.15, 0.2) is 15.2 Å². The highest BCUT2D eigenvalue weighted by Crippen LogP contribution is 2.20. The van der Waals surface area contributed by atoms with Crippen molar-refractivity contribution in [3.05, 3.63) is 0 Å². The van der Waals surface area contributed by atoms with Crippen LogP contribution in [0, 0.1) is 0 Å². The van der Waals surface area contributed by atoms with Gasteiger partial charge in [0.2, 0.25) is 0 Å². The first kappa shape index (κ1) is 19.6. The zero-order valence-corrected chi connectivity index (χ0v) is 14.2. The second kappa shape index (κ2) is 7.54. The van der Waals surface area contributed by atoms with Crippen molar-refractivity contribution in [2.24, 2.45) is 15.2 Å². The Morgan fingerprint density at radius 1 is 1.00 bits per heavy atom. The number of aliphatic imine (C=N–C) groups is 1. The summed E-state index contributed by atoms with van der Waals surface area (Å²) in [5.41, 5.74) is -0.626. The van der Waals surface area contributed by atoms with Gasteiger partial charge in [0.05, 0.1) is 12.7 Å². The van der Waals surface area contributed by atoms with Gasteiger partial charge in [0.15, 0.2) is 0 Å². The molecule has 0 saturated carbocycles. The molecule has 0 bridgehead atoms. The minimum absolute atomic E-state index is 0. The van der Waals surface area contributed by atoms with Crippen LogP contribution in [0.25, 0.3) is 0 Å². The van der Waals surface area contributed by atoms with Crippen LogP contribution in [0.1, 0.15) is 27.7 Å². The molecule has 0 spiro atoms. The van der Waals surface area contributed by atoms with Gasteiger partial charge < -0.3 is 5.32 Å². The first-order valence-corrected chi connectivity index (χ1v) is 6.61. The summed E-state index contributed by atoms with van der Waals surface area (Å²) in [7, 11) is 0. The van der Waals surface area contributed by atoms with E-state index < -0.39 is 0 Å². The second-order valence-corrected chi connectivity index (χ2v) is 5.91. The van der Waals surface area contributed by atoms with Gasteiger partial charge in [-0.2, -0.15) is 10.2 Å². The normalized spacial score (nSPS) is 20.3. The summed E-state index contributed by atoms with van der Waals surface area (Å²) >= 11 is 0. The van der Waals surface area contributed by atoms with Crippen LogP contribution in [0.2, 0.25) is 0 Å². The lowest BCUT2D eigenvalue weighted by molar-refractivity contribution is 0.330. The molecule has 0 radical (unpaired) electrons. The summed E-state index contributed by atoms with van der Waals surface area (Å²) in [6, 6.07) is 0. The molecule has 8 heteroatoms. The van der Waals surface area contributed by atoms with Crippen molar-refractivity contribution in [2.75, 3.05) is 26.2 Å². The minimum Gasteiger partial charge on any atom is -0.370 e. The maximum atomic E-state index is 4.53. The lowest BCUT2D eigenvalue weighted by Gasteiger charge is -2.28. The van der Waals surface area contributed by atoms with Crippen molar-refractivity contribution >= 4 is 30.6 Å². The van der Waals surface area contributed by atoms with Crippen molar-refractivity contribution in [1.29, 1.82) is 0 Å². The highest BCUT2D eigenvalue weighted by atomic mass is 35.5. The molecule has 0 aromatic heterocycles. The van der Waals surface area contributed by atoms with E-state index in [1.165, 1.54) is 0 Å². The van der Waals surface area contributed by atoms with Crippen molar-refractivity contribution in [2.45, 2.75) is 44.9 Å². The van der Waals surface area contributed by atoms with E-state index in [0.29, 0.717) is 0 Å². The molecule has 0 aliphatic carbocycles. The van der Waals surface area contributed by atoms with Gasteiger partial charge in [-0.05, 0) is 27.7 Å². The van der Waals surface area contributed by atoms with E-state index in [4.69, 9.17) is 0 Å². The summed E-state index contributed by atoms with van der Waals surface area (Å²) in [6.07, 6.45) is 0.190. The summed E-state index contributed by atoms with van der Waals surface area (Å²) < 4.78 is 0. The number of hydrogen-bond acceptors (Lipinski definition) is 6. The third kappa shape index (κ3) is 4.55. The number of halogens is 2. The molecule has 0 aromatic carbocycles. The summed E-state index contributed by atoms with van der Waals surface area (Å²) in [5.74, 6) is 0.939. The highest BCUT2D eigenvalue weighted by molar-refractivity contribution is 5.92. The monoisotopic (exact) mass is 324 g/mol. The topological polar surface area (TPSA) is 73.2 Å². The second-order valence-electron chi connectivity index (χ2n) is 5.91. The molecular formula is C12H26Cl2N6. The average molecular weight is 325 g/mol. The fourth-order valence-corrected chi connectivity index (χ4v) is 2.17. The largest absolute Gasteiger partial charge is 0.370 e. The molecule has 2 rings (SSSR count). The van der Waals surface area contributed by atoms with Crippen molar-refractivity contribution < 1.29 is 0 Å². The molecule has 0 aromatic rings. The van der Waals surface area contributed by atoms with E-state index in [1.807, 2.05) is 13.8 Å².